The Hall–Kier alpha value is -1.72. The van der Waals surface area contributed by atoms with E-state index in [9.17, 15) is 4.79 Å². The van der Waals surface area contributed by atoms with Gasteiger partial charge in [-0.25, -0.2) is 4.79 Å². The quantitative estimate of drug-likeness (QED) is 0.861. The van der Waals surface area contributed by atoms with Crippen molar-refractivity contribution in [3.8, 4) is 0 Å². The smallest absolute Gasteiger partial charge is 0.408 e. The van der Waals surface area contributed by atoms with Crippen LogP contribution in [0.25, 0.3) is 0 Å². The zero-order chi connectivity index (χ0) is 14.8. The summed E-state index contributed by atoms with van der Waals surface area (Å²) in [6, 6.07) is -0.412. The molecule has 0 bridgehead atoms. The van der Waals surface area contributed by atoms with Crippen molar-refractivity contribution in [2.24, 2.45) is 5.41 Å². The number of aromatic nitrogens is 1. The summed E-state index contributed by atoms with van der Waals surface area (Å²) in [5, 5.41) is 6.43. The molecule has 6 heteroatoms. The molecule has 0 fully saturated rings. The first-order valence-electron chi connectivity index (χ1n) is 6.20. The van der Waals surface area contributed by atoms with Crippen molar-refractivity contribution in [1.29, 1.82) is 0 Å². The van der Waals surface area contributed by atoms with Crippen molar-refractivity contribution in [3.05, 3.63) is 12.0 Å². The highest BCUT2D eigenvalue weighted by molar-refractivity contribution is 5.68. The number of ether oxygens (including phenoxy) is 1. The molecule has 19 heavy (non-hydrogen) atoms. The Labute approximate surface area is 113 Å². The summed E-state index contributed by atoms with van der Waals surface area (Å²) in [5.74, 6) is 0.443. The lowest BCUT2D eigenvalue weighted by Gasteiger charge is -2.30. The maximum Gasteiger partial charge on any atom is 0.408 e. The number of nitrogens with zero attached hydrogens (tertiary/aromatic N) is 1. The summed E-state index contributed by atoms with van der Waals surface area (Å²) in [6.45, 7) is 11.3. The number of hydrogen-bond acceptors (Lipinski definition) is 5. The third-order valence-electron chi connectivity index (χ3n) is 2.42. The average Bonchev–Trinajstić information content (AvgIpc) is 2.56. The zero-order valence-electron chi connectivity index (χ0n) is 12.4. The molecule has 1 aromatic heterocycles. The number of nitrogen functional groups attached to an aromatic ring is 1. The van der Waals surface area contributed by atoms with E-state index in [2.05, 4.69) is 10.5 Å². The van der Waals surface area contributed by atoms with Gasteiger partial charge in [0.1, 0.15) is 11.6 Å². The molecule has 1 aromatic rings. The molecular formula is C13H23N3O3. The van der Waals surface area contributed by atoms with Gasteiger partial charge in [0, 0.05) is 0 Å². The number of carbonyl (C=O) groups is 1. The van der Waals surface area contributed by atoms with Gasteiger partial charge in [-0.15, -0.1) is 0 Å². The molecule has 0 saturated carbocycles. The van der Waals surface area contributed by atoms with Crippen molar-refractivity contribution in [2.45, 2.75) is 53.2 Å². The first-order valence-corrected chi connectivity index (χ1v) is 6.20. The number of rotatable bonds is 2. The highest BCUT2D eigenvalue weighted by Crippen LogP contribution is 2.35. The van der Waals surface area contributed by atoms with Crippen LogP contribution in [-0.2, 0) is 4.74 Å². The first kappa shape index (κ1) is 15.3. The lowest BCUT2D eigenvalue weighted by Crippen LogP contribution is -2.40. The molecule has 0 aliphatic heterocycles. The van der Waals surface area contributed by atoms with Gasteiger partial charge in [0.15, 0.2) is 5.76 Å². The minimum Gasteiger partial charge on any atom is -0.444 e. The molecule has 1 amide bonds. The summed E-state index contributed by atoms with van der Waals surface area (Å²) < 4.78 is 10.4. The predicted octanol–water partition coefficient (Wildman–Crippen LogP) is 2.87. The molecule has 0 spiro atoms. The van der Waals surface area contributed by atoms with Gasteiger partial charge >= 0.3 is 6.09 Å². The van der Waals surface area contributed by atoms with E-state index in [0.717, 1.165) is 0 Å². The Morgan fingerprint density at radius 3 is 2.32 bits per heavy atom. The average molecular weight is 269 g/mol. The largest absolute Gasteiger partial charge is 0.444 e. The molecule has 0 aliphatic carbocycles. The second-order valence-electron chi connectivity index (χ2n) is 6.59. The van der Waals surface area contributed by atoms with Crippen LogP contribution in [0.2, 0.25) is 0 Å². The van der Waals surface area contributed by atoms with Crippen molar-refractivity contribution in [1.82, 2.24) is 10.5 Å². The van der Waals surface area contributed by atoms with Gasteiger partial charge in [0.2, 0.25) is 0 Å². The number of alkyl carbamates (subject to hydrolysis) is 1. The van der Waals surface area contributed by atoms with Gasteiger partial charge < -0.3 is 20.3 Å². The fourth-order valence-electron chi connectivity index (χ4n) is 1.58. The minimum atomic E-state index is -0.556. The molecule has 3 N–H and O–H groups in total. The third-order valence-corrected chi connectivity index (χ3v) is 2.42. The van der Waals surface area contributed by atoms with E-state index in [4.69, 9.17) is 15.0 Å². The molecule has 1 rings (SSSR count). The molecule has 6 nitrogen and oxygen atoms in total. The molecule has 0 aromatic carbocycles. The maximum absolute atomic E-state index is 11.9. The van der Waals surface area contributed by atoms with Crippen LogP contribution in [0.3, 0.4) is 0 Å². The van der Waals surface area contributed by atoms with Crippen LogP contribution in [0.4, 0.5) is 10.5 Å². The van der Waals surface area contributed by atoms with Crippen LogP contribution in [0.5, 0.6) is 0 Å². The van der Waals surface area contributed by atoms with Gasteiger partial charge in [-0.05, 0) is 26.2 Å². The van der Waals surface area contributed by atoms with Crippen molar-refractivity contribution in [2.75, 3.05) is 5.73 Å². The van der Waals surface area contributed by atoms with Gasteiger partial charge in [-0.3, -0.25) is 0 Å². The van der Waals surface area contributed by atoms with Crippen molar-refractivity contribution < 1.29 is 14.1 Å². The van der Waals surface area contributed by atoms with Gasteiger partial charge in [-0.1, -0.05) is 25.9 Å². The van der Waals surface area contributed by atoms with Gasteiger partial charge in [0.25, 0.3) is 0 Å². The predicted molar refractivity (Wildman–Crippen MR) is 72.5 cm³/mol. The number of nitrogens with one attached hydrogen (secondary N) is 1. The summed E-state index contributed by atoms with van der Waals surface area (Å²) >= 11 is 0. The highest BCUT2D eigenvalue weighted by atomic mass is 16.6. The second-order valence-corrected chi connectivity index (χ2v) is 6.59. The number of amides is 1. The second kappa shape index (κ2) is 5.11. The van der Waals surface area contributed by atoms with Crippen LogP contribution in [0.1, 0.15) is 53.3 Å². The summed E-state index contributed by atoms with van der Waals surface area (Å²) in [5.41, 5.74) is 5.36. The number of anilines is 1. The lowest BCUT2D eigenvalue weighted by molar-refractivity contribution is 0.0447. The Bertz CT molecular complexity index is 441. The summed E-state index contributed by atoms with van der Waals surface area (Å²) in [6.07, 6.45) is 0.911. The Morgan fingerprint density at radius 2 is 1.95 bits per heavy atom. The number of nitrogens with two attached hydrogens (primary N) is 1. The van der Waals surface area contributed by atoms with E-state index in [0.29, 0.717) is 11.4 Å². The zero-order valence-corrected chi connectivity index (χ0v) is 12.4. The highest BCUT2D eigenvalue weighted by Gasteiger charge is 2.33. The monoisotopic (exact) mass is 269 g/mol. The van der Waals surface area contributed by atoms with E-state index in [1.165, 1.54) is 6.20 Å². The van der Waals surface area contributed by atoms with E-state index in [-0.39, 0.29) is 5.41 Å². The number of hydrogen-bond donors (Lipinski definition) is 2. The van der Waals surface area contributed by atoms with Gasteiger partial charge in [0.05, 0.1) is 11.9 Å². The topological polar surface area (TPSA) is 90.4 Å². The molecule has 1 heterocycles. The maximum atomic E-state index is 11.9. The molecular weight excluding hydrogens is 246 g/mol. The summed E-state index contributed by atoms with van der Waals surface area (Å²) in [4.78, 5) is 11.9. The normalized spacial score (nSPS) is 14.0. The van der Waals surface area contributed by atoms with E-state index < -0.39 is 17.7 Å². The van der Waals surface area contributed by atoms with E-state index >= 15 is 0 Å². The van der Waals surface area contributed by atoms with Crippen LogP contribution < -0.4 is 11.1 Å². The molecule has 1 unspecified atom stereocenters. The molecule has 108 valence electrons. The molecule has 1 atom stereocenters. The van der Waals surface area contributed by atoms with Gasteiger partial charge in [-0.2, -0.15) is 0 Å². The Morgan fingerprint density at radius 1 is 1.37 bits per heavy atom. The summed E-state index contributed by atoms with van der Waals surface area (Å²) in [7, 11) is 0. The van der Waals surface area contributed by atoms with E-state index in [1.807, 2.05) is 41.5 Å². The molecule has 0 aliphatic rings. The van der Waals surface area contributed by atoms with Crippen LogP contribution in [0, 0.1) is 5.41 Å². The third kappa shape index (κ3) is 4.46. The fourth-order valence-corrected chi connectivity index (χ4v) is 1.58. The first-order chi connectivity index (χ1) is 8.50. The molecule has 0 radical (unpaired) electrons. The standard InChI is InChI=1S/C13H23N3O3/c1-12(2,3)10(9-8(14)7-15-19-9)16-11(17)18-13(4,5)6/h7,10H,14H2,1-6H3,(H,16,17). The number of carbonyl (C=O) groups excluding carboxylic acids is 1. The Balaban J connectivity index is 2.90. The van der Waals surface area contributed by atoms with Crippen molar-refractivity contribution in [3.63, 3.8) is 0 Å². The lowest BCUT2D eigenvalue weighted by atomic mass is 9.85. The van der Waals surface area contributed by atoms with Crippen molar-refractivity contribution >= 4 is 11.8 Å². The van der Waals surface area contributed by atoms with E-state index in [1.54, 1.807) is 0 Å². The Kier molecular flexibility index (Phi) is 4.12. The van der Waals surface area contributed by atoms with Crippen LogP contribution in [-0.4, -0.2) is 16.9 Å². The molecule has 0 saturated heterocycles. The van der Waals surface area contributed by atoms with Crippen LogP contribution >= 0.6 is 0 Å². The van der Waals surface area contributed by atoms with Crippen LogP contribution in [0.15, 0.2) is 10.7 Å². The SMILES string of the molecule is CC(C)(C)OC(=O)NC(c1oncc1N)C(C)(C)C. The minimum absolute atomic E-state index is 0.287. The fraction of sp³-hybridized carbons (Fsp3) is 0.692.